The first-order chi connectivity index (χ1) is 10.1. The van der Waals surface area contributed by atoms with Crippen molar-refractivity contribution in [3.63, 3.8) is 0 Å². The van der Waals surface area contributed by atoms with Gasteiger partial charge in [0.25, 0.3) is 0 Å². The van der Waals surface area contributed by atoms with Crippen LogP contribution in [-0.2, 0) is 16.6 Å². The molecule has 0 radical (unpaired) electrons. The first-order valence-electron chi connectivity index (χ1n) is 6.84. The lowest BCUT2D eigenvalue weighted by Gasteiger charge is -2.08. The van der Waals surface area contributed by atoms with Gasteiger partial charge in [-0.3, -0.25) is 4.68 Å². The molecule has 3 rings (SSSR count). The van der Waals surface area contributed by atoms with Gasteiger partial charge >= 0.3 is 0 Å². The van der Waals surface area contributed by atoms with Crippen molar-refractivity contribution >= 4 is 15.7 Å². The summed E-state index contributed by atoms with van der Waals surface area (Å²) in [6, 6.07) is 6.88. The fourth-order valence-electron chi connectivity index (χ4n) is 1.91. The van der Waals surface area contributed by atoms with Gasteiger partial charge in [-0.2, -0.15) is 0 Å². The normalized spacial score (nSPS) is 15.0. The van der Waals surface area contributed by atoms with Crippen LogP contribution in [0, 0.1) is 0 Å². The van der Waals surface area contributed by atoms with Gasteiger partial charge in [-0.1, -0.05) is 5.21 Å². The van der Waals surface area contributed by atoms with E-state index in [4.69, 9.17) is 0 Å². The number of nitrogens with one attached hydrogen (secondary N) is 2. The molecule has 0 atom stereocenters. The molecule has 21 heavy (non-hydrogen) atoms. The monoisotopic (exact) mass is 307 g/mol. The molecule has 0 saturated heterocycles. The molecule has 1 aromatic carbocycles. The minimum Gasteiger partial charge on any atom is -0.383 e. The van der Waals surface area contributed by atoms with Crippen LogP contribution in [0.1, 0.15) is 12.8 Å². The first kappa shape index (κ1) is 14.0. The van der Waals surface area contributed by atoms with E-state index in [-0.39, 0.29) is 6.04 Å². The van der Waals surface area contributed by atoms with E-state index in [2.05, 4.69) is 20.4 Å². The van der Waals surface area contributed by atoms with Crippen LogP contribution in [0.2, 0.25) is 0 Å². The SMILES string of the molecule is O=S(=O)(NC1CC1)c1ccc(NCCn2ccnn2)cc1. The predicted molar refractivity (Wildman–Crippen MR) is 78.3 cm³/mol. The maximum Gasteiger partial charge on any atom is 0.240 e. The molecular formula is C13H17N5O2S. The lowest BCUT2D eigenvalue weighted by molar-refractivity contribution is 0.581. The standard InChI is InChI=1S/C13H17N5O2S/c19-21(20,16-12-1-2-12)13-5-3-11(4-6-13)14-7-9-18-10-8-15-17-18/h3-6,8,10,12,14,16H,1-2,7,9H2. The number of rotatable bonds is 7. The third kappa shape index (κ3) is 3.79. The molecule has 0 unspecified atom stereocenters. The molecule has 8 heteroatoms. The Labute approximate surface area is 123 Å². The van der Waals surface area contributed by atoms with Crippen LogP contribution in [0.25, 0.3) is 0 Å². The second-order valence-corrected chi connectivity index (χ2v) is 6.73. The largest absolute Gasteiger partial charge is 0.383 e. The maximum absolute atomic E-state index is 12.0. The van der Waals surface area contributed by atoms with Crippen molar-refractivity contribution in [1.29, 1.82) is 0 Å². The summed E-state index contributed by atoms with van der Waals surface area (Å²) in [6.07, 6.45) is 5.29. The van der Waals surface area contributed by atoms with Gasteiger partial charge in [0.2, 0.25) is 10.0 Å². The van der Waals surface area contributed by atoms with Gasteiger partial charge in [0.1, 0.15) is 0 Å². The summed E-state index contributed by atoms with van der Waals surface area (Å²) in [5.41, 5.74) is 0.875. The van der Waals surface area contributed by atoms with E-state index in [1.54, 1.807) is 41.3 Å². The molecule has 0 bridgehead atoms. The Morgan fingerprint density at radius 3 is 2.62 bits per heavy atom. The highest BCUT2D eigenvalue weighted by Crippen LogP contribution is 2.22. The van der Waals surface area contributed by atoms with Gasteiger partial charge in [-0.05, 0) is 37.1 Å². The molecule has 2 aromatic rings. The molecule has 7 nitrogen and oxygen atoms in total. The Hall–Kier alpha value is -1.93. The quantitative estimate of drug-likeness (QED) is 0.791. The zero-order valence-electron chi connectivity index (χ0n) is 11.4. The molecular weight excluding hydrogens is 290 g/mol. The van der Waals surface area contributed by atoms with Crippen LogP contribution in [0.3, 0.4) is 0 Å². The molecule has 0 aliphatic heterocycles. The Morgan fingerprint density at radius 1 is 1.24 bits per heavy atom. The van der Waals surface area contributed by atoms with Gasteiger partial charge in [-0.25, -0.2) is 13.1 Å². The highest BCUT2D eigenvalue weighted by Gasteiger charge is 2.27. The van der Waals surface area contributed by atoms with Gasteiger partial charge in [0, 0.05) is 24.5 Å². The van der Waals surface area contributed by atoms with Gasteiger partial charge < -0.3 is 5.32 Å². The Kier molecular flexibility index (Phi) is 3.89. The molecule has 1 aromatic heterocycles. The highest BCUT2D eigenvalue weighted by molar-refractivity contribution is 7.89. The predicted octanol–water partition coefficient (Wildman–Crippen LogP) is 0.831. The fraction of sp³-hybridized carbons (Fsp3) is 0.385. The van der Waals surface area contributed by atoms with Crippen molar-refractivity contribution in [3.8, 4) is 0 Å². The first-order valence-corrected chi connectivity index (χ1v) is 8.32. The molecule has 1 heterocycles. The van der Waals surface area contributed by atoms with E-state index >= 15 is 0 Å². The van der Waals surface area contributed by atoms with Crippen molar-refractivity contribution in [3.05, 3.63) is 36.7 Å². The molecule has 0 amide bonds. The van der Waals surface area contributed by atoms with Crippen molar-refractivity contribution in [2.24, 2.45) is 0 Å². The molecule has 1 saturated carbocycles. The third-order valence-corrected chi connectivity index (χ3v) is 4.74. The zero-order valence-corrected chi connectivity index (χ0v) is 12.3. The number of hydrogen-bond acceptors (Lipinski definition) is 5. The average molecular weight is 307 g/mol. The highest BCUT2D eigenvalue weighted by atomic mass is 32.2. The molecule has 1 aliphatic rings. The van der Waals surface area contributed by atoms with Crippen LogP contribution in [-0.4, -0.2) is 36.0 Å². The Bertz CT molecular complexity index is 678. The van der Waals surface area contributed by atoms with Crippen molar-refractivity contribution in [2.75, 3.05) is 11.9 Å². The smallest absolute Gasteiger partial charge is 0.240 e. The fourth-order valence-corrected chi connectivity index (χ4v) is 3.21. The molecule has 1 aliphatic carbocycles. The molecule has 0 spiro atoms. The van der Waals surface area contributed by atoms with Crippen LogP contribution >= 0.6 is 0 Å². The van der Waals surface area contributed by atoms with Gasteiger partial charge in [0.05, 0.1) is 17.6 Å². The van der Waals surface area contributed by atoms with Crippen molar-refractivity contribution in [2.45, 2.75) is 30.3 Å². The number of aromatic nitrogens is 3. The summed E-state index contributed by atoms with van der Waals surface area (Å²) in [4.78, 5) is 0.302. The third-order valence-electron chi connectivity index (χ3n) is 3.21. The summed E-state index contributed by atoms with van der Waals surface area (Å²) in [7, 11) is -3.37. The minimum absolute atomic E-state index is 0.121. The number of nitrogens with zero attached hydrogens (tertiary/aromatic N) is 3. The van der Waals surface area contributed by atoms with Gasteiger partial charge in [0.15, 0.2) is 0 Å². The van der Waals surface area contributed by atoms with E-state index in [0.717, 1.165) is 18.5 Å². The lowest BCUT2D eigenvalue weighted by atomic mass is 10.3. The zero-order chi connectivity index (χ0) is 14.7. The van der Waals surface area contributed by atoms with Crippen LogP contribution in [0.4, 0.5) is 5.69 Å². The van der Waals surface area contributed by atoms with E-state index in [0.29, 0.717) is 18.0 Å². The molecule has 2 N–H and O–H groups in total. The van der Waals surface area contributed by atoms with Crippen LogP contribution in [0.5, 0.6) is 0 Å². The number of benzene rings is 1. The maximum atomic E-state index is 12.0. The Balaban J connectivity index is 1.56. The lowest BCUT2D eigenvalue weighted by Crippen LogP contribution is -2.25. The van der Waals surface area contributed by atoms with E-state index in [9.17, 15) is 8.42 Å². The Morgan fingerprint density at radius 2 is 2.00 bits per heavy atom. The topological polar surface area (TPSA) is 88.9 Å². The average Bonchev–Trinajstić information content (AvgIpc) is 3.11. The molecule has 112 valence electrons. The number of sulfonamides is 1. The van der Waals surface area contributed by atoms with Crippen molar-refractivity contribution in [1.82, 2.24) is 19.7 Å². The number of hydrogen-bond donors (Lipinski definition) is 2. The van der Waals surface area contributed by atoms with E-state index in [1.165, 1.54) is 0 Å². The second-order valence-electron chi connectivity index (χ2n) is 5.01. The second kappa shape index (κ2) is 5.82. The summed E-state index contributed by atoms with van der Waals surface area (Å²) in [6.45, 7) is 1.39. The van der Waals surface area contributed by atoms with E-state index < -0.39 is 10.0 Å². The summed E-state index contributed by atoms with van der Waals surface area (Å²) in [5.74, 6) is 0. The van der Waals surface area contributed by atoms with Crippen molar-refractivity contribution < 1.29 is 8.42 Å². The number of anilines is 1. The summed E-state index contributed by atoms with van der Waals surface area (Å²) >= 11 is 0. The van der Waals surface area contributed by atoms with Crippen LogP contribution in [0.15, 0.2) is 41.6 Å². The summed E-state index contributed by atoms with van der Waals surface area (Å²) < 4.78 is 28.4. The van der Waals surface area contributed by atoms with Crippen LogP contribution < -0.4 is 10.0 Å². The summed E-state index contributed by atoms with van der Waals surface area (Å²) in [5, 5.41) is 10.8. The minimum atomic E-state index is -3.37. The van der Waals surface area contributed by atoms with E-state index in [1.807, 2.05) is 0 Å². The van der Waals surface area contributed by atoms with Gasteiger partial charge in [-0.15, -0.1) is 5.10 Å². The molecule has 1 fully saturated rings.